The van der Waals surface area contributed by atoms with Gasteiger partial charge in [0.15, 0.2) is 5.65 Å². The number of nitrogens with zero attached hydrogens (tertiary/aromatic N) is 3. The number of hydrogen-bond donors (Lipinski definition) is 0. The molecule has 0 aliphatic heterocycles. The lowest BCUT2D eigenvalue weighted by Crippen LogP contribution is -2.09. The first-order valence-corrected chi connectivity index (χ1v) is 8.18. The lowest BCUT2D eigenvalue weighted by molar-refractivity contribution is -0.141. The Balaban J connectivity index is 2.15. The molecule has 0 spiro atoms. The van der Waals surface area contributed by atoms with Crippen molar-refractivity contribution in [3.05, 3.63) is 56.5 Å². The zero-order valence-electron chi connectivity index (χ0n) is 13.7. The largest absolute Gasteiger partial charge is 0.433 e. The third kappa shape index (κ3) is 3.20. The first-order valence-electron chi connectivity index (χ1n) is 7.43. The van der Waals surface area contributed by atoms with Gasteiger partial charge < -0.3 is 4.57 Å². The molecule has 8 heteroatoms. The lowest BCUT2D eigenvalue weighted by Gasteiger charge is -2.09. The molecule has 2 aromatic heterocycles. The van der Waals surface area contributed by atoms with Gasteiger partial charge in [0.25, 0.3) is 0 Å². The molecule has 0 bridgehead atoms. The average molecular weight is 388 g/mol. The molecule has 0 saturated heterocycles. The second-order valence-electron chi connectivity index (χ2n) is 5.92. The fourth-order valence-corrected chi connectivity index (χ4v) is 3.19. The maximum absolute atomic E-state index is 13.0. The minimum absolute atomic E-state index is 0.183. The molecule has 132 valence electrons. The molecule has 0 radical (unpaired) electrons. The smallest absolute Gasteiger partial charge is 0.316 e. The van der Waals surface area contributed by atoms with Crippen molar-refractivity contribution in [3.8, 4) is 0 Å². The molecule has 3 aromatic rings. The Morgan fingerprint density at radius 2 is 1.76 bits per heavy atom. The summed E-state index contributed by atoms with van der Waals surface area (Å²) in [5.41, 5.74) is 1.66. The van der Waals surface area contributed by atoms with Crippen molar-refractivity contribution in [1.82, 2.24) is 14.5 Å². The Hall–Kier alpha value is -1.79. The first kappa shape index (κ1) is 18.0. The van der Waals surface area contributed by atoms with Gasteiger partial charge in [-0.1, -0.05) is 29.3 Å². The van der Waals surface area contributed by atoms with Crippen LogP contribution in [0, 0.1) is 13.8 Å². The number of rotatable bonds is 2. The Bertz CT molecular complexity index is 978. The number of benzene rings is 1. The van der Waals surface area contributed by atoms with Crippen molar-refractivity contribution in [3.63, 3.8) is 0 Å². The van der Waals surface area contributed by atoms with E-state index in [1.165, 1.54) is 0 Å². The highest BCUT2D eigenvalue weighted by atomic mass is 35.5. The molecule has 2 heterocycles. The van der Waals surface area contributed by atoms with Crippen molar-refractivity contribution in [1.29, 1.82) is 0 Å². The van der Waals surface area contributed by atoms with E-state index >= 15 is 0 Å². The lowest BCUT2D eigenvalue weighted by atomic mass is 10.1. The summed E-state index contributed by atoms with van der Waals surface area (Å²) in [6.07, 6.45) is -4.21. The van der Waals surface area contributed by atoms with E-state index in [1.807, 2.05) is 13.0 Å². The van der Waals surface area contributed by atoms with E-state index in [0.717, 1.165) is 11.6 Å². The second kappa shape index (κ2) is 6.18. The summed E-state index contributed by atoms with van der Waals surface area (Å²) in [6.45, 7) is 3.45. The molecule has 0 N–H and O–H groups in total. The second-order valence-corrected chi connectivity index (χ2v) is 6.70. The monoisotopic (exact) mass is 387 g/mol. The number of pyridine rings is 1. The van der Waals surface area contributed by atoms with Crippen LogP contribution < -0.4 is 0 Å². The molecule has 3 nitrogen and oxygen atoms in total. The highest BCUT2D eigenvalue weighted by Gasteiger charge is 2.33. The minimum Gasteiger partial charge on any atom is -0.316 e. The number of alkyl halides is 3. The van der Waals surface area contributed by atoms with Gasteiger partial charge in [-0.3, -0.25) is 0 Å². The molecule has 0 amide bonds. The number of hydrogen-bond acceptors (Lipinski definition) is 2. The molecular weight excluding hydrogens is 374 g/mol. The van der Waals surface area contributed by atoms with Gasteiger partial charge in [0.05, 0.1) is 0 Å². The van der Waals surface area contributed by atoms with E-state index in [2.05, 4.69) is 9.97 Å². The van der Waals surface area contributed by atoms with Gasteiger partial charge >= 0.3 is 6.18 Å². The highest BCUT2D eigenvalue weighted by Crippen LogP contribution is 2.33. The number of fused-ring (bicyclic) bond motifs is 1. The number of imidazole rings is 1. The van der Waals surface area contributed by atoms with Gasteiger partial charge in [0.2, 0.25) is 0 Å². The third-order valence-corrected chi connectivity index (χ3v) is 5.00. The average Bonchev–Trinajstić information content (AvgIpc) is 2.84. The molecule has 0 saturated carbocycles. The van der Waals surface area contributed by atoms with Gasteiger partial charge in [-0.25, -0.2) is 9.97 Å². The third-order valence-electron chi connectivity index (χ3n) is 4.12. The maximum atomic E-state index is 13.0. The van der Waals surface area contributed by atoms with E-state index in [-0.39, 0.29) is 5.65 Å². The fraction of sp³-hybridized carbons (Fsp3) is 0.294. The van der Waals surface area contributed by atoms with Gasteiger partial charge in [-0.2, -0.15) is 13.2 Å². The van der Waals surface area contributed by atoms with Crippen LogP contribution in [-0.4, -0.2) is 14.5 Å². The predicted molar refractivity (Wildman–Crippen MR) is 92.3 cm³/mol. The van der Waals surface area contributed by atoms with Crippen molar-refractivity contribution in [2.24, 2.45) is 7.05 Å². The van der Waals surface area contributed by atoms with Crippen LogP contribution in [0.2, 0.25) is 10.0 Å². The summed E-state index contributed by atoms with van der Waals surface area (Å²) in [7, 11) is 1.63. The topological polar surface area (TPSA) is 30.7 Å². The van der Waals surface area contributed by atoms with Crippen molar-refractivity contribution < 1.29 is 13.2 Å². The Morgan fingerprint density at radius 3 is 2.40 bits per heavy atom. The number of aromatic nitrogens is 3. The van der Waals surface area contributed by atoms with Crippen LogP contribution in [0.1, 0.15) is 28.2 Å². The molecule has 0 unspecified atom stereocenters. The van der Waals surface area contributed by atoms with Gasteiger partial charge in [0.1, 0.15) is 17.0 Å². The molecule has 0 aliphatic rings. The molecule has 3 rings (SSSR count). The maximum Gasteiger partial charge on any atom is 0.433 e. The van der Waals surface area contributed by atoms with Crippen LogP contribution in [0.3, 0.4) is 0 Å². The summed E-state index contributed by atoms with van der Waals surface area (Å²) in [4.78, 5) is 8.20. The standard InChI is InChI=1S/C17H14Cl2F3N3/c1-8-4-5-11(18)10(14(8)19)7-13-24-15-9(2)6-12(17(20,21)22)23-16(15)25(13)3/h4-6H,7H2,1-3H3. The van der Waals surface area contributed by atoms with Crippen LogP contribution in [0.15, 0.2) is 18.2 Å². The van der Waals surface area contributed by atoms with Gasteiger partial charge in [0, 0.05) is 23.5 Å². The summed E-state index contributed by atoms with van der Waals surface area (Å²) in [6, 6.07) is 4.56. The molecular formula is C17H14Cl2F3N3. The minimum atomic E-state index is -4.51. The van der Waals surface area contributed by atoms with E-state index in [0.29, 0.717) is 38.9 Å². The van der Waals surface area contributed by atoms with E-state index < -0.39 is 11.9 Å². The van der Waals surface area contributed by atoms with Crippen molar-refractivity contribution in [2.75, 3.05) is 0 Å². The quantitative estimate of drug-likeness (QED) is 0.580. The van der Waals surface area contributed by atoms with Crippen molar-refractivity contribution >= 4 is 34.4 Å². The predicted octanol–water partition coefficient (Wildman–Crippen LogP) is 5.50. The zero-order chi connectivity index (χ0) is 18.5. The summed E-state index contributed by atoms with van der Waals surface area (Å²) in [5.74, 6) is 0.541. The Labute approximate surface area is 152 Å². The van der Waals surface area contributed by atoms with Gasteiger partial charge in [-0.15, -0.1) is 0 Å². The number of aryl methyl sites for hydroxylation is 3. The first-order chi connectivity index (χ1) is 11.6. The van der Waals surface area contributed by atoms with Crippen LogP contribution in [0.5, 0.6) is 0 Å². The van der Waals surface area contributed by atoms with E-state index in [4.69, 9.17) is 23.2 Å². The summed E-state index contributed by atoms with van der Waals surface area (Å²) < 4.78 is 40.6. The molecule has 0 aliphatic carbocycles. The Morgan fingerprint density at radius 1 is 1.08 bits per heavy atom. The van der Waals surface area contributed by atoms with E-state index in [1.54, 1.807) is 24.6 Å². The fourth-order valence-electron chi connectivity index (χ4n) is 2.69. The number of halogens is 5. The Kier molecular flexibility index (Phi) is 4.45. The van der Waals surface area contributed by atoms with Crippen LogP contribution in [0.25, 0.3) is 11.2 Å². The van der Waals surface area contributed by atoms with E-state index in [9.17, 15) is 13.2 Å². The van der Waals surface area contributed by atoms with Crippen LogP contribution in [0.4, 0.5) is 13.2 Å². The highest BCUT2D eigenvalue weighted by molar-refractivity contribution is 6.36. The normalized spacial score (nSPS) is 12.2. The summed E-state index contributed by atoms with van der Waals surface area (Å²) >= 11 is 12.6. The van der Waals surface area contributed by atoms with Crippen LogP contribution >= 0.6 is 23.2 Å². The molecule has 25 heavy (non-hydrogen) atoms. The van der Waals surface area contributed by atoms with Crippen LogP contribution in [-0.2, 0) is 19.6 Å². The molecule has 0 fully saturated rings. The molecule has 0 atom stereocenters. The van der Waals surface area contributed by atoms with Crippen molar-refractivity contribution in [2.45, 2.75) is 26.4 Å². The zero-order valence-corrected chi connectivity index (χ0v) is 15.2. The summed E-state index contributed by atoms with van der Waals surface area (Å²) in [5, 5.41) is 1.02. The SMILES string of the molecule is Cc1ccc(Cl)c(Cc2nc3c(C)cc(C(F)(F)F)nc3n2C)c1Cl. The van der Waals surface area contributed by atoms with Gasteiger partial charge in [-0.05, 0) is 42.7 Å². The molecule has 1 aromatic carbocycles.